The van der Waals surface area contributed by atoms with E-state index in [1.165, 1.54) is 20.9 Å². The van der Waals surface area contributed by atoms with Crippen molar-refractivity contribution in [1.29, 1.82) is 0 Å². The number of aliphatic carboxylic acids is 1. The second-order valence-corrected chi connectivity index (χ2v) is 5.22. The lowest BCUT2D eigenvalue weighted by molar-refractivity contribution is -0.189. The van der Waals surface area contributed by atoms with Crippen LogP contribution in [0.25, 0.3) is 0 Å². The van der Waals surface area contributed by atoms with E-state index in [1.807, 2.05) is 0 Å². The lowest BCUT2D eigenvalue weighted by Gasteiger charge is -2.38. The lowest BCUT2D eigenvalue weighted by atomic mass is 9.88. The maximum absolute atomic E-state index is 12.9. The molecule has 1 unspecified atom stereocenters. The molecule has 19 heavy (non-hydrogen) atoms. The highest BCUT2D eigenvalue weighted by atomic mass is 19.4. The van der Waals surface area contributed by atoms with Gasteiger partial charge < -0.3 is 14.9 Å². The number of carbonyl (C=O) groups is 2. The molecular formula is C11H17F3N2O3. The topological polar surface area (TPSA) is 60.9 Å². The van der Waals surface area contributed by atoms with E-state index < -0.39 is 36.2 Å². The minimum atomic E-state index is -4.37. The van der Waals surface area contributed by atoms with Crippen molar-refractivity contribution in [3.8, 4) is 0 Å². The predicted octanol–water partition coefficient (Wildman–Crippen LogP) is 1.79. The fourth-order valence-corrected chi connectivity index (χ4v) is 2.47. The van der Waals surface area contributed by atoms with E-state index in [9.17, 15) is 22.8 Å². The summed E-state index contributed by atoms with van der Waals surface area (Å²) in [6.45, 7) is 2.14. The first-order valence-electron chi connectivity index (χ1n) is 5.79. The number of likely N-dealkylation sites (tertiary alicyclic amines) is 1. The number of hydrogen-bond donors (Lipinski definition) is 1. The monoisotopic (exact) mass is 282 g/mol. The molecule has 1 fully saturated rings. The van der Waals surface area contributed by atoms with E-state index in [1.54, 1.807) is 0 Å². The van der Waals surface area contributed by atoms with E-state index in [-0.39, 0.29) is 13.0 Å². The normalized spacial score (nSPS) is 22.4. The van der Waals surface area contributed by atoms with E-state index in [4.69, 9.17) is 5.11 Å². The van der Waals surface area contributed by atoms with Crippen LogP contribution in [0.2, 0.25) is 0 Å². The van der Waals surface area contributed by atoms with Crippen LogP contribution in [0.4, 0.5) is 18.0 Å². The Morgan fingerprint density at radius 1 is 1.42 bits per heavy atom. The summed E-state index contributed by atoms with van der Waals surface area (Å²) in [6, 6.07) is -0.695. The average molecular weight is 282 g/mol. The van der Waals surface area contributed by atoms with Crippen LogP contribution in [-0.2, 0) is 4.79 Å². The highest BCUT2D eigenvalue weighted by Crippen LogP contribution is 2.44. The molecule has 1 rings (SSSR count). The predicted molar refractivity (Wildman–Crippen MR) is 60.6 cm³/mol. The molecule has 1 aliphatic rings. The number of nitrogens with zero attached hydrogens (tertiary/aromatic N) is 2. The Kier molecular flexibility index (Phi) is 4.02. The van der Waals surface area contributed by atoms with Gasteiger partial charge in [-0.05, 0) is 20.3 Å². The van der Waals surface area contributed by atoms with Crippen molar-refractivity contribution in [2.75, 3.05) is 20.1 Å². The fourth-order valence-electron chi connectivity index (χ4n) is 2.47. The zero-order valence-corrected chi connectivity index (χ0v) is 11.0. The van der Waals surface area contributed by atoms with Gasteiger partial charge in [-0.3, -0.25) is 4.79 Å². The van der Waals surface area contributed by atoms with Crippen molar-refractivity contribution in [2.45, 2.75) is 32.0 Å². The second kappa shape index (κ2) is 4.90. The molecule has 1 heterocycles. The first-order chi connectivity index (χ1) is 8.48. The molecule has 0 aliphatic carbocycles. The minimum absolute atomic E-state index is 0.0278. The van der Waals surface area contributed by atoms with Crippen molar-refractivity contribution in [3.63, 3.8) is 0 Å². The van der Waals surface area contributed by atoms with Crippen LogP contribution in [0.5, 0.6) is 0 Å². The highest BCUT2D eigenvalue weighted by molar-refractivity contribution is 5.80. The quantitative estimate of drug-likeness (QED) is 0.840. The van der Waals surface area contributed by atoms with Crippen LogP contribution in [0.3, 0.4) is 0 Å². The zero-order valence-electron chi connectivity index (χ0n) is 11.0. The van der Waals surface area contributed by atoms with Crippen LogP contribution in [0.1, 0.15) is 20.3 Å². The average Bonchev–Trinajstić information content (AvgIpc) is 2.50. The molecule has 5 nitrogen and oxygen atoms in total. The molecule has 2 amide bonds. The summed E-state index contributed by atoms with van der Waals surface area (Å²) in [5, 5.41) is 8.59. The summed E-state index contributed by atoms with van der Waals surface area (Å²) in [7, 11) is 1.26. The van der Waals surface area contributed by atoms with Gasteiger partial charge in [-0.2, -0.15) is 13.2 Å². The van der Waals surface area contributed by atoms with Crippen molar-refractivity contribution in [2.24, 2.45) is 5.92 Å². The zero-order chi connectivity index (χ0) is 15.0. The van der Waals surface area contributed by atoms with Gasteiger partial charge in [0.2, 0.25) is 0 Å². The number of carboxylic acid groups (broad SMARTS) is 1. The Labute approximate surface area is 109 Å². The number of rotatable bonds is 2. The Balaban J connectivity index is 2.86. The van der Waals surface area contributed by atoms with Gasteiger partial charge in [0.15, 0.2) is 0 Å². The largest absolute Gasteiger partial charge is 0.480 e. The van der Waals surface area contributed by atoms with Crippen molar-refractivity contribution in [3.05, 3.63) is 0 Å². The molecule has 8 heteroatoms. The fraction of sp³-hybridized carbons (Fsp3) is 0.818. The van der Waals surface area contributed by atoms with Crippen LogP contribution in [-0.4, -0.2) is 58.8 Å². The van der Waals surface area contributed by atoms with E-state index in [0.29, 0.717) is 0 Å². The van der Waals surface area contributed by atoms with Crippen molar-refractivity contribution < 1.29 is 27.9 Å². The molecule has 0 spiro atoms. The Bertz CT molecular complexity index is 382. The number of urea groups is 1. The summed E-state index contributed by atoms with van der Waals surface area (Å²) < 4.78 is 38.6. The SMILES string of the molecule is CN(CC(=O)O)C(=O)N1CCC(C(F)(F)F)C1(C)C. The smallest absolute Gasteiger partial charge is 0.394 e. The Hall–Kier alpha value is -1.47. The summed E-state index contributed by atoms with van der Waals surface area (Å²) in [4.78, 5) is 24.5. The molecule has 1 N–H and O–H groups in total. The van der Waals surface area contributed by atoms with E-state index in [0.717, 1.165) is 9.80 Å². The van der Waals surface area contributed by atoms with Crippen LogP contribution in [0, 0.1) is 5.92 Å². The lowest BCUT2D eigenvalue weighted by Crippen LogP contribution is -2.53. The van der Waals surface area contributed by atoms with Gasteiger partial charge in [-0.15, -0.1) is 0 Å². The van der Waals surface area contributed by atoms with Gasteiger partial charge in [-0.25, -0.2) is 4.79 Å². The van der Waals surface area contributed by atoms with E-state index >= 15 is 0 Å². The van der Waals surface area contributed by atoms with Gasteiger partial charge in [-0.1, -0.05) is 0 Å². The molecule has 0 aromatic carbocycles. The molecule has 0 bridgehead atoms. The van der Waals surface area contributed by atoms with Gasteiger partial charge in [0.25, 0.3) is 0 Å². The van der Waals surface area contributed by atoms with Crippen molar-refractivity contribution >= 4 is 12.0 Å². The Morgan fingerprint density at radius 2 is 1.95 bits per heavy atom. The van der Waals surface area contributed by atoms with Gasteiger partial charge in [0, 0.05) is 13.6 Å². The molecule has 1 atom stereocenters. The summed E-state index contributed by atoms with van der Waals surface area (Å²) in [6.07, 6.45) is -4.53. The third-order valence-corrected chi connectivity index (χ3v) is 3.51. The summed E-state index contributed by atoms with van der Waals surface area (Å²) >= 11 is 0. The third kappa shape index (κ3) is 3.10. The molecule has 0 saturated carbocycles. The molecule has 0 radical (unpaired) electrons. The number of carboxylic acids is 1. The number of carbonyl (C=O) groups excluding carboxylic acids is 1. The summed E-state index contributed by atoms with van der Waals surface area (Å²) in [5.74, 6) is -2.80. The van der Waals surface area contributed by atoms with Crippen molar-refractivity contribution in [1.82, 2.24) is 9.80 Å². The number of likely N-dealkylation sites (N-methyl/N-ethyl adjacent to an activating group) is 1. The maximum Gasteiger partial charge on any atom is 0.394 e. The number of amides is 2. The number of halogens is 3. The minimum Gasteiger partial charge on any atom is -0.480 e. The van der Waals surface area contributed by atoms with Gasteiger partial charge in [0.05, 0.1) is 11.5 Å². The molecule has 0 aromatic rings. The van der Waals surface area contributed by atoms with Gasteiger partial charge >= 0.3 is 18.2 Å². The van der Waals surface area contributed by atoms with E-state index in [2.05, 4.69) is 0 Å². The van der Waals surface area contributed by atoms with Crippen LogP contribution >= 0.6 is 0 Å². The Morgan fingerprint density at radius 3 is 2.32 bits per heavy atom. The van der Waals surface area contributed by atoms with Crippen LogP contribution in [0.15, 0.2) is 0 Å². The number of hydrogen-bond acceptors (Lipinski definition) is 2. The highest BCUT2D eigenvalue weighted by Gasteiger charge is 2.56. The maximum atomic E-state index is 12.9. The molecular weight excluding hydrogens is 265 g/mol. The molecule has 110 valence electrons. The van der Waals surface area contributed by atoms with Gasteiger partial charge in [0.1, 0.15) is 6.54 Å². The van der Waals surface area contributed by atoms with Crippen LogP contribution < -0.4 is 0 Å². The third-order valence-electron chi connectivity index (χ3n) is 3.51. The standard InChI is InChI=1S/C11H17F3N2O3/c1-10(2)7(11(12,13)14)4-5-16(10)9(19)15(3)6-8(17)18/h7H,4-6H2,1-3H3,(H,17,18). The second-order valence-electron chi connectivity index (χ2n) is 5.22. The molecule has 1 saturated heterocycles. The number of alkyl halides is 3. The molecule has 1 aliphatic heterocycles. The summed E-state index contributed by atoms with van der Waals surface area (Å²) in [5.41, 5.74) is -1.37. The molecule has 0 aromatic heterocycles. The first-order valence-corrected chi connectivity index (χ1v) is 5.79. The first kappa shape index (κ1) is 15.6.